The smallest absolute Gasteiger partial charge is 0.315 e. The van der Waals surface area contributed by atoms with Crippen LogP contribution in [0.2, 0.25) is 0 Å². The Kier molecular flexibility index (Phi) is 6.79. The molecule has 0 unspecified atom stereocenters. The number of rotatable bonds is 9. The number of hydrogen-bond donors (Lipinski definition) is 1. The van der Waals surface area contributed by atoms with Gasteiger partial charge in [-0.15, -0.1) is 0 Å². The van der Waals surface area contributed by atoms with Crippen molar-refractivity contribution in [3.63, 3.8) is 0 Å². The Morgan fingerprint density at radius 3 is 2.80 bits per heavy atom. The van der Waals surface area contributed by atoms with Gasteiger partial charge in [0, 0.05) is 33.9 Å². The normalized spacial score (nSPS) is 10.3. The second kappa shape index (κ2) is 8.37. The molecule has 0 radical (unpaired) electrons. The summed E-state index contributed by atoms with van der Waals surface area (Å²) in [6, 6.07) is 5.37. The van der Waals surface area contributed by atoms with Crippen LogP contribution in [0.3, 0.4) is 0 Å². The minimum atomic E-state index is -0.319. The predicted octanol–water partition coefficient (Wildman–Crippen LogP) is 2.89. The average Bonchev–Trinajstić information content (AvgIpc) is 2.44. The van der Waals surface area contributed by atoms with E-state index in [9.17, 15) is 10.1 Å². The van der Waals surface area contributed by atoms with Crippen LogP contribution in [0.1, 0.15) is 19.8 Å². The van der Waals surface area contributed by atoms with Crippen molar-refractivity contribution < 1.29 is 9.66 Å². The molecular weight excluding hydrogens is 258 g/mol. The monoisotopic (exact) mass is 281 g/mol. The van der Waals surface area contributed by atoms with Crippen molar-refractivity contribution in [1.82, 2.24) is 0 Å². The lowest BCUT2D eigenvalue weighted by Gasteiger charge is -2.20. The van der Waals surface area contributed by atoms with Gasteiger partial charge in [-0.25, -0.2) is 0 Å². The maximum absolute atomic E-state index is 11.4. The third-order valence-corrected chi connectivity index (χ3v) is 3.02. The summed E-state index contributed by atoms with van der Waals surface area (Å²) in [6.45, 7) is 4.11. The molecule has 112 valence electrons. The maximum atomic E-state index is 11.4. The SMILES string of the molecule is CCCNc1cccc(N(C)CCCOC)c1[N+](=O)[O-]. The summed E-state index contributed by atoms with van der Waals surface area (Å²) < 4.78 is 5.01. The van der Waals surface area contributed by atoms with Gasteiger partial charge in [0.15, 0.2) is 0 Å². The lowest BCUT2D eigenvalue weighted by Crippen LogP contribution is -2.21. The molecule has 0 saturated carbocycles. The van der Waals surface area contributed by atoms with Crippen LogP contribution >= 0.6 is 0 Å². The molecule has 0 spiro atoms. The minimum absolute atomic E-state index is 0.140. The number of benzene rings is 1. The molecule has 0 aliphatic carbocycles. The van der Waals surface area contributed by atoms with E-state index in [2.05, 4.69) is 5.32 Å². The Labute approximate surface area is 119 Å². The van der Waals surface area contributed by atoms with Crippen LogP contribution in [-0.2, 0) is 4.74 Å². The van der Waals surface area contributed by atoms with E-state index in [1.165, 1.54) is 0 Å². The molecule has 0 aliphatic heterocycles. The van der Waals surface area contributed by atoms with Gasteiger partial charge in [-0.05, 0) is 25.0 Å². The van der Waals surface area contributed by atoms with Crippen LogP contribution in [0.15, 0.2) is 18.2 Å². The van der Waals surface area contributed by atoms with Gasteiger partial charge in [0.05, 0.1) is 4.92 Å². The molecule has 1 aromatic rings. The van der Waals surface area contributed by atoms with E-state index in [-0.39, 0.29) is 10.6 Å². The molecule has 6 nitrogen and oxygen atoms in total. The highest BCUT2D eigenvalue weighted by atomic mass is 16.6. The average molecular weight is 281 g/mol. The predicted molar refractivity (Wildman–Crippen MR) is 81.6 cm³/mol. The first kappa shape index (κ1) is 16.2. The summed E-state index contributed by atoms with van der Waals surface area (Å²) in [7, 11) is 3.51. The van der Waals surface area contributed by atoms with Gasteiger partial charge < -0.3 is 15.0 Å². The first-order valence-corrected chi connectivity index (χ1v) is 6.83. The van der Waals surface area contributed by atoms with Gasteiger partial charge in [0.1, 0.15) is 11.4 Å². The molecule has 0 bridgehead atoms. The molecule has 0 saturated heterocycles. The molecule has 0 aromatic heterocycles. The molecule has 20 heavy (non-hydrogen) atoms. The summed E-state index contributed by atoms with van der Waals surface area (Å²) in [5.41, 5.74) is 1.35. The second-order valence-electron chi connectivity index (χ2n) is 4.63. The Balaban J connectivity index is 2.96. The third-order valence-electron chi connectivity index (χ3n) is 3.02. The highest BCUT2D eigenvalue weighted by Crippen LogP contribution is 2.34. The Morgan fingerprint density at radius 2 is 2.20 bits per heavy atom. The molecule has 1 aromatic carbocycles. The number of nitro benzene ring substituents is 1. The number of anilines is 2. The molecule has 1 rings (SSSR count). The van der Waals surface area contributed by atoms with Crippen LogP contribution in [-0.4, -0.2) is 38.8 Å². The molecule has 0 atom stereocenters. The van der Waals surface area contributed by atoms with Crippen LogP contribution in [0.25, 0.3) is 0 Å². The van der Waals surface area contributed by atoms with Gasteiger partial charge in [0.2, 0.25) is 0 Å². The fraction of sp³-hybridized carbons (Fsp3) is 0.571. The van der Waals surface area contributed by atoms with E-state index < -0.39 is 0 Å². The van der Waals surface area contributed by atoms with E-state index in [4.69, 9.17) is 4.74 Å². The summed E-state index contributed by atoms with van der Waals surface area (Å²) in [6.07, 6.45) is 1.75. The minimum Gasteiger partial charge on any atom is -0.385 e. The van der Waals surface area contributed by atoms with Crippen molar-refractivity contribution in [1.29, 1.82) is 0 Å². The van der Waals surface area contributed by atoms with Gasteiger partial charge in [-0.3, -0.25) is 10.1 Å². The van der Waals surface area contributed by atoms with Crippen LogP contribution in [0, 0.1) is 10.1 Å². The zero-order valence-electron chi connectivity index (χ0n) is 12.4. The van der Waals surface area contributed by atoms with E-state index in [1.54, 1.807) is 19.2 Å². The highest BCUT2D eigenvalue weighted by molar-refractivity contribution is 5.76. The molecule has 0 fully saturated rings. The number of nitrogens with zero attached hydrogens (tertiary/aromatic N) is 2. The van der Waals surface area contributed by atoms with Crippen LogP contribution < -0.4 is 10.2 Å². The zero-order chi connectivity index (χ0) is 15.0. The number of nitro groups is 1. The molecule has 0 aliphatic rings. The highest BCUT2D eigenvalue weighted by Gasteiger charge is 2.21. The van der Waals surface area contributed by atoms with Crippen LogP contribution in [0.5, 0.6) is 0 Å². The lowest BCUT2D eigenvalue weighted by molar-refractivity contribution is -0.383. The van der Waals surface area contributed by atoms with E-state index >= 15 is 0 Å². The van der Waals surface area contributed by atoms with Gasteiger partial charge in [0.25, 0.3) is 0 Å². The summed E-state index contributed by atoms with van der Waals surface area (Å²) >= 11 is 0. The van der Waals surface area contributed by atoms with Crippen molar-refractivity contribution in [2.24, 2.45) is 0 Å². The Morgan fingerprint density at radius 1 is 1.45 bits per heavy atom. The summed E-state index contributed by atoms with van der Waals surface area (Å²) in [5.74, 6) is 0. The standard InChI is InChI=1S/C14H23N3O3/c1-4-9-15-12-7-5-8-13(14(12)17(18)19)16(2)10-6-11-20-3/h5,7-8,15H,4,6,9-11H2,1-3H3. The molecule has 1 N–H and O–H groups in total. The molecule has 6 heteroatoms. The van der Waals surface area contributed by atoms with Crippen molar-refractivity contribution in [2.75, 3.05) is 44.1 Å². The number of hydrogen-bond acceptors (Lipinski definition) is 5. The number of para-hydroxylation sites is 1. The second-order valence-corrected chi connectivity index (χ2v) is 4.63. The molecule has 0 heterocycles. The van der Waals surface area contributed by atoms with Crippen molar-refractivity contribution >= 4 is 17.1 Å². The Bertz CT molecular complexity index is 438. The maximum Gasteiger partial charge on any atom is 0.315 e. The third kappa shape index (κ3) is 4.38. The Hall–Kier alpha value is -1.82. The molecule has 0 amide bonds. The fourth-order valence-corrected chi connectivity index (χ4v) is 2.00. The van der Waals surface area contributed by atoms with Gasteiger partial charge in [-0.2, -0.15) is 0 Å². The topological polar surface area (TPSA) is 67.6 Å². The first-order valence-electron chi connectivity index (χ1n) is 6.83. The summed E-state index contributed by atoms with van der Waals surface area (Å²) in [5, 5.41) is 14.5. The van der Waals surface area contributed by atoms with Crippen LogP contribution in [0.4, 0.5) is 17.1 Å². The van der Waals surface area contributed by atoms with Crippen molar-refractivity contribution in [2.45, 2.75) is 19.8 Å². The van der Waals surface area contributed by atoms with E-state index in [0.717, 1.165) is 19.4 Å². The zero-order valence-corrected chi connectivity index (χ0v) is 12.4. The lowest BCUT2D eigenvalue weighted by atomic mass is 10.2. The fourth-order valence-electron chi connectivity index (χ4n) is 2.00. The van der Waals surface area contributed by atoms with E-state index in [1.807, 2.05) is 24.9 Å². The number of methoxy groups -OCH3 is 1. The summed E-state index contributed by atoms with van der Waals surface area (Å²) in [4.78, 5) is 12.9. The number of ether oxygens (including phenoxy) is 1. The number of nitrogens with one attached hydrogen (secondary N) is 1. The van der Waals surface area contributed by atoms with Crippen molar-refractivity contribution in [3.8, 4) is 0 Å². The molecular formula is C14H23N3O3. The van der Waals surface area contributed by atoms with Gasteiger partial charge >= 0.3 is 5.69 Å². The first-order chi connectivity index (χ1) is 9.61. The largest absolute Gasteiger partial charge is 0.385 e. The quantitative estimate of drug-likeness (QED) is 0.428. The van der Waals surface area contributed by atoms with E-state index in [0.29, 0.717) is 24.5 Å². The van der Waals surface area contributed by atoms with Gasteiger partial charge in [-0.1, -0.05) is 13.0 Å². The van der Waals surface area contributed by atoms with Crippen molar-refractivity contribution in [3.05, 3.63) is 28.3 Å².